The molecule has 4 aromatic rings. The molecular formula is C22H20N8O. The molecule has 1 aromatic carbocycles. The Hall–Kier alpha value is -3.88. The lowest BCUT2D eigenvalue weighted by molar-refractivity contribution is -0.117. The van der Waals surface area contributed by atoms with Crippen LogP contribution in [0.1, 0.15) is 37.8 Å². The summed E-state index contributed by atoms with van der Waals surface area (Å²) in [6.45, 7) is 3.99. The van der Waals surface area contributed by atoms with Crippen molar-refractivity contribution in [3.05, 3.63) is 60.6 Å². The Balaban J connectivity index is 1.58. The lowest BCUT2D eigenvalue weighted by Gasteiger charge is -2.40. The number of fused-ring (bicyclic) bond motifs is 6. The minimum absolute atomic E-state index is 0.0496. The molecule has 0 aliphatic carbocycles. The SMILES string of the molecule is CC[C@@]12CCC(=O)N1c1nc(-n3ccnc3-c3ccccc3)ncc1-n1c(C)nnc12. The first-order valence-electron chi connectivity index (χ1n) is 10.4. The van der Waals surface area contributed by atoms with Crippen molar-refractivity contribution in [1.29, 1.82) is 0 Å². The summed E-state index contributed by atoms with van der Waals surface area (Å²) in [6.07, 6.45) is 7.19. The molecular weight excluding hydrogens is 392 g/mol. The summed E-state index contributed by atoms with van der Waals surface area (Å²) >= 11 is 0. The van der Waals surface area contributed by atoms with Gasteiger partial charge in [-0.1, -0.05) is 37.3 Å². The Morgan fingerprint density at radius 3 is 2.77 bits per heavy atom. The first-order chi connectivity index (χ1) is 15.1. The zero-order valence-electron chi connectivity index (χ0n) is 17.2. The fraction of sp³-hybridized carbons (Fsp3) is 0.273. The highest BCUT2D eigenvalue weighted by atomic mass is 16.2. The van der Waals surface area contributed by atoms with Gasteiger partial charge in [-0.25, -0.2) is 9.97 Å². The van der Waals surface area contributed by atoms with Gasteiger partial charge in [-0.15, -0.1) is 10.2 Å². The molecule has 0 unspecified atom stereocenters. The fourth-order valence-electron chi connectivity index (χ4n) is 4.82. The van der Waals surface area contributed by atoms with Crippen LogP contribution in [0, 0.1) is 6.92 Å². The average molecular weight is 412 g/mol. The second-order valence-corrected chi connectivity index (χ2v) is 7.89. The second kappa shape index (κ2) is 6.31. The third-order valence-electron chi connectivity index (χ3n) is 6.33. The highest BCUT2D eigenvalue weighted by Gasteiger charge is 2.54. The van der Waals surface area contributed by atoms with E-state index in [2.05, 4.69) is 27.1 Å². The van der Waals surface area contributed by atoms with Gasteiger partial charge in [-0.3, -0.25) is 18.8 Å². The van der Waals surface area contributed by atoms with E-state index in [4.69, 9.17) is 4.98 Å². The summed E-state index contributed by atoms with van der Waals surface area (Å²) in [6, 6.07) is 9.90. The molecule has 0 saturated carbocycles. The molecule has 9 heteroatoms. The number of nitrogens with zero attached hydrogens (tertiary/aromatic N) is 8. The number of hydrogen-bond acceptors (Lipinski definition) is 6. The third kappa shape index (κ3) is 2.31. The maximum Gasteiger partial charge on any atom is 0.237 e. The second-order valence-electron chi connectivity index (χ2n) is 7.89. The highest BCUT2D eigenvalue weighted by molar-refractivity contribution is 5.99. The number of benzene rings is 1. The molecule has 2 aliphatic rings. The maximum absolute atomic E-state index is 13.0. The number of hydrogen-bond donors (Lipinski definition) is 0. The van der Waals surface area contributed by atoms with Gasteiger partial charge in [0.15, 0.2) is 11.6 Å². The van der Waals surface area contributed by atoms with Crippen molar-refractivity contribution in [2.45, 2.75) is 38.6 Å². The van der Waals surface area contributed by atoms with Crippen molar-refractivity contribution in [3.63, 3.8) is 0 Å². The topological polar surface area (TPSA) is 94.6 Å². The largest absolute Gasteiger partial charge is 0.281 e. The van der Waals surface area contributed by atoms with Crippen LogP contribution in [0.5, 0.6) is 0 Å². The van der Waals surface area contributed by atoms with Crippen LogP contribution in [-0.4, -0.2) is 40.2 Å². The van der Waals surface area contributed by atoms with Crippen LogP contribution in [0.2, 0.25) is 0 Å². The Bertz CT molecular complexity index is 1320. The van der Waals surface area contributed by atoms with E-state index in [0.717, 1.165) is 35.1 Å². The van der Waals surface area contributed by atoms with Gasteiger partial charge in [0.1, 0.15) is 22.9 Å². The van der Waals surface area contributed by atoms with Gasteiger partial charge < -0.3 is 0 Å². The molecule has 1 fully saturated rings. The average Bonchev–Trinajstić information content (AvgIpc) is 3.52. The summed E-state index contributed by atoms with van der Waals surface area (Å²) in [5.74, 6) is 3.40. The number of carbonyl (C=O) groups excluding carboxylic acids is 1. The van der Waals surface area contributed by atoms with E-state index < -0.39 is 5.54 Å². The van der Waals surface area contributed by atoms with Crippen LogP contribution in [0.15, 0.2) is 48.9 Å². The van der Waals surface area contributed by atoms with Crippen molar-refractivity contribution in [1.82, 2.24) is 34.3 Å². The zero-order valence-corrected chi connectivity index (χ0v) is 17.2. The predicted octanol–water partition coefficient (Wildman–Crippen LogP) is 2.96. The number of aryl methyl sites for hydroxylation is 1. The Morgan fingerprint density at radius 1 is 1.13 bits per heavy atom. The van der Waals surface area contributed by atoms with Gasteiger partial charge in [0.25, 0.3) is 0 Å². The molecule has 154 valence electrons. The normalized spacial score (nSPS) is 19.3. The summed E-state index contributed by atoms with van der Waals surface area (Å²) < 4.78 is 3.84. The smallest absolute Gasteiger partial charge is 0.237 e. The molecule has 0 bridgehead atoms. The zero-order chi connectivity index (χ0) is 21.2. The molecule has 1 amide bonds. The number of imidazole rings is 1. The molecule has 0 radical (unpaired) electrons. The van der Waals surface area contributed by atoms with Gasteiger partial charge in [0, 0.05) is 24.4 Å². The van der Waals surface area contributed by atoms with Gasteiger partial charge in [-0.2, -0.15) is 4.98 Å². The standard InChI is InChI=1S/C22H20N8O/c1-3-22-10-9-17(31)30(22)19-16(29-14(2)26-27-20(22)29)13-24-21(25-19)28-12-11-23-18(28)15-7-5-4-6-8-15/h4-8,11-13H,3,9-10H2,1-2H3/t22-/m0/s1. The molecule has 3 aromatic heterocycles. The maximum atomic E-state index is 13.0. The van der Waals surface area contributed by atoms with Crippen LogP contribution in [0.25, 0.3) is 23.0 Å². The molecule has 1 atom stereocenters. The summed E-state index contributed by atoms with van der Waals surface area (Å²) in [5.41, 5.74) is 1.15. The molecule has 2 aliphatic heterocycles. The molecule has 31 heavy (non-hydrogen) atoms. The van der Waals surface area contributed by atoms with E-state index in [1.54, 1.807) is 12.4 Å². The van der Waals surface area contributed by atoms with Crippen molar-refractivity contribution in [2.75, 3.05) is 4.90 Å². The summed E-state index contributed by atoms with van der Waals surface area (Å²) in [7, 11) is 0. The van der Waals surface area contributed by atoms with Crippen LogP contribution in [0.3, 0.4) is 0 Å². The molecule has 0 spiro atoms. The fourth-order valence-corrected chi connectivity index (χ4v) is 4.82. The van der Waals surface area contributed by atoms with E-state index in [0.29, 0.717) is 24.6 Å². The first kappa shape index (κ1) is 17.9. The minimum atomic E-state index is -0.534. The monoisotopic (exact) mass is 412 g/mol. The molecule has 0 N–H and O–H groups in total. The molecule has 1 saturated heterocycles. The summed E-state index contributed by atoms with van der Waals surface area (Å²) in [5, 5.41) is 8.76. The predicted molar refractivity (Wildman–Crippen MR) is 113 cm³/mol. The highest BCUT2D eigenvalue weighted by Crippen LogP contribution is 2.49. The lowest BCUT2D eigenvalue weighted by atomic mass is 9.90. The quantitative estimate of drug-likeness (QED) is 0.513. The van der Waals surface area contributed by atoms with Crippen LogP contribution < -0.4 is 4.90 Å². The van der Waals surface area contributed by atoms with E-state index in [-0.39, 0.29) is 5.91 Å². The van der Waals surface area contributed by atoms with Gasteiger partial charge >= 0.3 is 0 Å². The van der Waals surface area contributed by atoms with Crippen molar-refractivity contribution in [2.24, 2.45) is 0 Å². The minimum Gasteiger partial charge on any atom is -0.281 e. The van der Waals surface area contributed by atoms with E-state index in [9.17, 15) is 4.79 Å². The molecule has 9 nitrogen and oxygen atoms in total. The number of amides is 1. The van der Waals surface area contributed by atoms with Crippen LogP contribution in [-0.2, 0) is 10.3 Å². The van der Waals surface area contributed by atoms with E-state index in [1.807, 2.05) is 57.5 Å². The van der Waals surface area contributed by atoms with Crippen molar-refractivity contribution < 1.29 is 4.79 Å². The number of rotatable bonds is 3. The Labute approximate surface area is 178 Å². The third-order valence-corrected chi connectivity index (χ3v) is 6.33. The molecule has 6 rings (SSSR count). The lowest BCUT2D eigenvalue weighted by Crippen LogP contribution is -2.48. The first-order valence-corrected chi connectivity index (χ1v) is 10.4. The van der Waals surface area contributed by atoms with Gasteiger partial charge in [0.05, 0.1) is 6.20 Å². The van der Waals surface area contributed by atoms with Crippen molar-refractivity contribution in [3.8, 4) is 23.0 Å². The van der Waals surface area contributed by atoms with E-state index in [1.165, 1.54) is 0 Å². The Kier molecular flexibility index (Phi) is 3.65. The Morgan fingerprint density at radius 2 is 1.97 bits per heavy atom. The van der Waals surface area contributed by atoms with E-state index >= 15 is 0 Å². The van der Waals surface area contributed by atoms with Gasteiger partial charge in [-0.05, 0) is 19.8 Å². The molecule has 5 heterocycles. The number of anilines is 1. The summed E-state index contributed by atoms with van der Waals surface area (Å²) in [4.78, 5) is 28.9. The van der Waals surface area contributed by atoms with Crippen LogP contribution >= 0.6 is 0 Å². The van der Waals surface area contributed by atoms with Crippen molar-refractivity contribution >= 4 is 11.7 Å². The van der Waals surface area contributed by atoms with Crippen LogP contribution in [0.4, 0.5) is 5.82 Å². The number of aromatic nitrogens is 7. The number of carbonyl (C=O) groups is 1. The van der Waals surface area contributed by atoms with Gasteiger partial charge in [0.2, 0.25) is 11.9 Å².